The Labute approximate surface area is 120 Å². The molecule has 108 valence electrons. The second kappa shape index (κ2) is 7.10. The van der Waals surface area contributed by atoms with Crippen LogP contribution in [-0.4, -0.2) is 11.7 Å². The van der Waals surface area contributed by atoms with E-state index in [9.17, 15) is 0 Å². The van der Waals surface area contributed by atoms with Crippen molar-refractivity contribution in [3.63, 3.8) is 0 Å². The Balaban J connectivity index is 1.85. The summed E-state index contributed by atoms with van der Waals surface area (Å²) in [4.78, 5) is 0. The molecule has 1 aromatic heterocycles. The molecular weight excluding hydrogens is 252 g/mol. The Morgan fingerprint density at radius 3 is 2.80 bits per heavy atom. The van der Waals surface area contributed by atoms with E-state index in [1.807, 2.05) is 18.2 Å². The van der Waals surface area contributed by atoms with Gasteiger partial charge in [0, 0.05) is 12.6 Å². The Morgan fingerprint density at radius 2 is 2.05 bits per heavy atom. The molecular formula is C16H22N2O2. The van der Waals surface area contributed by atoms with Gasteiger partial charge in [-0.25, -0.2) is 0 Å². The average Bonchev–Trinajstić information content (AvgIpc) is 2.88. The highest BCUT2D eigenvalue weighted by Crippen LogP contribution is 2.18. The normalized spacial score (nSPS) is 10.8. The van der Waals surface area contributed by atoms with Crippen LogP contribution in [0, 0.1) is 13.8 Å². The first-order chi connectivity index (χ1) is 9.69. The SMILES string of the molecule is CCCNCc1cc(COc2ccc(C)c(C)c2)on1. The number of aromatic nitrogens is 1. The summed E-state index contributed by atoms with van der Waals surface area (Å²) < 4.78 is 11.0. The lowest BCUT2D eigenvalue weighted by Crippen LogP contribution is -2.13. The average molecular weight is 274 g/mol. The summed E-state index contributed by atoms with van der Waals surface area (Å²) >= 11 is 0. The molecule has 0 saturated heterocycles. The zero-order valence-electron chi connectivity index (χ0n) is 12.4. The molecule has 2 aromatic rings. The zero-order valence-corrected chi connectivity index (χ0v) is 12.4. The monoisotopic (exact) mass is 274 g/mol. The van der Waals surface area contributed by atoms with Crippen molar-refractivity contribution in [1.29, 1.82) is 0 Å². The fourth-order valence-corrected chi connectivity index (χ4v) is 1.86. The third kappa shape index (κ3) is 4.10. The fraction of sp³-hybridized carbons (Fsp3) is 0.438. The van der Waals surface area contributed by atoms with Gasteiger partial charge >= 0.3 is 0 Å². The van der Waals surface area contributed by atoms with Gasteiger partial charge in [0.25, 0.3) is 0 Å². The van der Waals surface area contributed by atoms with E-state index < -0.39 is 0 Å². The Kier molecular flexibility index (Phi) is 5.18. The number of ether oxygens (including phenoxy) is 1. The van der Waals surface area contributed by atoms with Gasteiger partial charge in [-0.1, -0.05) is 18.1 Å². The maximum Gasteiger partial charge on any atom is 0.174 e. The molecule has 1 heterocycles. The van der Waals surface area contributed by atoms with Crippen LogP contribution in [-0.2, 0) is 13.2 Å². The van der Waals surface area contributed by atoms with Crippen molar-refractivity contribution < 1.29 is 9.26 Å². The van der Waals surface area contributed by atoms with Crippen molar-refractivity contribution in [2.75, 3.05) is 6.54 Å². The van der Waals surface area contributed by atoms with E-state index in [-0.39, 0.29) is 0 Å². The summed E-state index contributed by atoms with van der Waals surface area (Å²) in [5, 5.41) is 7.30. The number of hydrogen-bond donors (Lipinski definition) is 1. The van der Waals surface area contributed by atoms with E-state index in [1.54, 1.807) is 0 Å². The van der Waals surface area contributed by atoms with Crippen molar-refractivity contribution in [3.8, 4) is 5.75 Å². The van der Waals surface area contributed by atoms with Crippen LogP contribution in [0.15, 0.2) is 28.8 Å². The van der Waals surface area contributed by atoms with Crippen molar-refractivity contribution in [1.82, 2.24) is 10.5 Å². The highest BCUT2D eigenvalue weighted by molar-refractivity contribution is 5.33. The van der Waals surface area contributed by atoms with E-state index in [2.05, 4.69) is 37.3 Å². The van der Waals surface area contributed by atoms with Gasteiger partial charge in [-0.2, -0.15) is 0 Å². The van der Waals surface area contributed by atoms with Crippen LogP contribution in [0.1, 0.15) is 35.9 Å². The number of nitrogens with zero attached hydrogens (tertiary/aromatic N) is 1. The van der Waals surface area contributed by atoms with Crippen molar-refractivity contribution in [2.24, 2.45) is 0 Å². The van der Waals surface area contributed by atoms with Crippen LogP contribution in [0.2, 0.25) is 0 Å². The van der Waals surface area contributed by atoms with Gasteiger partial charge in [0.2, 0.25) is 0 Å². The fourth-order valence-electron chi connectivity index (χ4n) is 1.86. The third-order valence-corrected chi connectivity index (χ3v) is 3.20. The zero-order chi connectivity index (χ0) is 14.4. The molecule has 0 saturated carbocycles. The minimum atomic E-state index is 0.406. The first kappa shape index (κ1) is 14.6. The van der Waals surface area contributed by atoms with E-state index >= 15 is 0 Å². The molecule has 1 N–H and O–H groups in total. The lowest BCUT2D eigenvalue weighted by atomic mass is 10.1. The Morgan fingerprint density at radius 1 is 1.20 bits per heavy atom. The maximum absolute atomic E-state index is 5.71. The molecule has 0 amide bonds. The van der Waals surface area contributed by atoms with Crippen molar-refractivity contribution in [2.45, 2.75) is 40.3 Å². The largest absolute Gasteiger partial charge is 0.486 e. The van der Waals surface area contributed by atoms with E-state index in [0.29, 0.717) is 6.61 Å². The summed E-state index contributed by atoms with van der Waals surface area (Å²) in [6.45, 7) is 8.43. The predicted molar refractivity (Wildman–Crippen MR) is 78.7 cm³/mol. The van der Waals surface area contributed by atoms with Crippen LogP contribution in [0.3, 0.4) is 0 Å². The second-order valence-corrected chi connectivity index (χ2v) is 5.00. The lowest BCUT2D eigenvalue weighted by molar-refractivity contribution is 0.248. The molecule has 1 aromatic carbocycles. The quantitative estimate of drug-likeness (QED) is 0.786. The van der Waals surface area contributed by atoms with Crippen LogP contribution in [0.4, 0.5) is 0 Å². The van der Waals surface area contributed by atoms with Crippen LogP contribution in [0.5, 0.6) is 5.75 Å². The van der Waals surface area contributed by atoms with Gasteiger partial charge in [0.15, 0.2) is 5.76 Å². The molecule has 0 aliphatic heterocycles. The molecule has 0 aliphatic rings. The molecule has 0 bridgehead atoms. The molecule has 20 heavy (non-hydrogen) atoms. The lowest BCUT2D eigenvalue weighted by Gasteiger charge is -2.06. The minimum Gasteiger partial charge on any atom is -0.486 e. The summed E-state index contributed by atoms with van der Waals surface area (Å²) in [5.41, 5.74) is 3.41. The van der Waals surface area contributed by atoms with Crippen molar-refractivity contribution >= 4 is 0 Å². The number of benzene rings is 1. The van der Waals surface area contributed by atoms with Gasteiger partial charge in [-0.15, -0.1) is 0 Å². The minimum absolute atomic E-state index is 0.406. The second-order valence-electron chi connectivity index (χ2n) is 5.00. The summed E-state index contributed by atoms with van der Waals surface area (Å²) in [6, 6.07) is 8.01. The first-order valence-electron chi connectivity index (χ1n) is 7.04. The Bertz CT molecular complexity index is 549. The number of rotatable bonds is 7. The molecule has 0 fully saturated rings. The summed E-state index contributed by atoms with van der Waals surface area (Å²) in [5.74, 6) is 1.60. The van der Waals surface area contributed by atoms with E-state index in [0.717, 1.165) is 36.7 Å². The van der Waals surface area contributed by atoms with Gasteiger partial charge in [-0.3, -0.25) is 0 Å². The number of hydrogen-bond acceptors (Lipinski definition) is 4. The number of nitrogens with one attached hydrogen (secondary N) is 1. The maximum atomic E-state index is 5.71. The summed E-state index contributed by atoms with van der Waals surface area (Å²) in [6.07, 6.45) is 1.11. The predicted octanol–water partition coefficient (Wildman–Crippen LogP) is 3.37. The topological polar surface area (TPSA) is 47.3 Å². The molecule has 4 nitrogen and oxygen atoms in total. The number of aryl methyl sites for hydroxylation is 2. The molecule has 0 unspecified atom stereocenters. The first-order valence-corrected chi connectivity index (χ1v) is 7.04. The van der Waals surface area contributed by atoms with Crippen LogP contribution < -0.4 is 10.1 Å². The smallest absolute Gasteiger partial charge is 0.174 e. The Hall–Kier alpha value is -1.81. The van der Waals surface area contributed by atoms with Gasteiger partial charge < -0.3 is 14.6 Å². The van der Waals surface area contributed by atoms with E-state index in [1.165, 1.54) is 11.1 Å². The van der Waals surface area contributed by atoms with Gasteiger partial charge in [0.05, 0.1) is 5.69 Å². The molecule has 0 aliphatic carbocycles. The summed E-state index contributed by atoms with van der Waals surface area (Å²) in [7, 11) is 0. The van der Waals surface area contributed by atoms with Crippen LogP contribution in [0.25, 0.3) is 0 Å². The van der Waals surface area contributed by atoms with Crippen LogP contribution >= 0.6 is 0 Å². The van der Waals surface area contributed by atoms with Gasteiger partial charge in [-0.05, 0) is 50.1 Å². The highest BCUT2D eigenvalue weighted by Gasteiger charge is 2.05. The van der Waals surface area contributed by atoms with Gasteiger partial charge in [0.1, 0.15) is 12.4 Å². The molecule has 0 radical (unpaired) electrons. The molecule has 2 rings (SSSR count). The molecule has 0 spiro atoms. The molecule has 0 atom stereocenters. The molecule has 4 heteroatoms. The third-order valence-electron chi connectivity index (χ3n) is 3.20. The van der Waals surface area contributed by atoms with E-state index in [4.69, 9.17) is 9.26 Å². The highest BCUT2D eigenvalue weighted by atomic mass is 16.5. The van der Waals surface area contributed by atoms with Crippen molar-refractivity contribution in [3.05, 3.63) is 46.8 Å². The standard InChI is InChI=1S/C16H22N2O2/c1-4-7-17-10-14-9-16(20-18-14)11-19-15-6-5-12(2)13(3)8-15/h5-6,8-9,17H,4,7,10-11H2,1-3H3.